The van der Waals surface area contributed by atoms with Crippen LogP contribution in [-0.2, 0) is 17.4 Å². The van der Waals surface area contributed by atoms with E-state index in [-0.39, 0.29) is 11.5 Å². The lowest BCUT2D eigenvalue weighted by molar-refractivity contribution is 0.127. The van der Waals surface area contributed by atoms with Crippen molar-refractivity contribution < 1.29 is 8.78 Å². The van der Waals surface area contributed by atoms with Gasteiger partial charge in [0.25, 0.3) is 0 Å². The molecule has 1 unspecified atom stereocenters. The smallest absolute Gasteiger partial charge is 0.316 e. The van der Waals surface area contributed by atoms with E-state index in [2.05, 4.69) is 38.4 Å². The van der Waals surface area contributed by atoms with Crippen molar-refractivity contribution in [3.63, 3.8) is 0 Å². The van der Waals surface area contributed by atoms with Crippen LogP contribution < -0.4 is 5.32 Å². The topological polar surface area (TPSA) is 42.7 Å². The highest BCUT2D eigenvalue weighted by Gasteiger charge is 2.27. The van der Waals surface area contributed by atoms with Crippen molar-refractivity contribution in [1.82, 2.24) is 14.5 Å². The number of alkyl halides is 3. The number of rotatable bonds is 7. The molecule has 4 nitrogen and oxygen atoms in total. The molecular formula is C26H26ClF2IN4. The van der Waals surface area contributed by atoms with Gasteiger partial charge in [-0.25, -0.2) is 9.97 Å². The monoisotopic (exact) mass is 594 g/mol. The van der Waals surface area contributed by atoms with Gasteiger partial charge in [0, 0.05) is 54.8 Å². The zero-order chi connectivity index (χ0) is 24.6. The van der Waals surface area contributed by atoms with E-state index in [0.29, 0.717) is 17.3 Å². The number of hydrogen-bond donors (Lipinski definition) is 1. The number of nitrogens with one attached hydrogen (secondary N) is 1. The highest BCUT2D eigenvalue weighted by atomic mass is 127. The Morgan fingerprint density at radius 1 is 1.21 bits per heavy atom. The van der Waals surface area contributed by atoms with E-state index in [1.807, 2.05) is 26.2 Å². The molecule has 0 saturated heterocycles. The molecule has 0 bridgehead atoms. The average Bonchev–Trinajstić information content (AvgIpc) is 3.18. The number of anilines is 1. The first-order chi connectivity index (χ1) is 16.2. The minimum atomic E-state index is -2.82. The molecule has 0 radical (unpaired) electrons. The second kappa shape index (κ2) is 9.70. The van der Waals surface area contributed by atoms with Crippen LogP contribution >= 0.6 is 32.3 Å². The zero-order valence-corrected chi connectivity index (χ0v) is 22.4. The fourth-order valence-electron chi connectivity index (χ4n) is 4.10. The van der Waals surface area contributed by atoms with E-state index in [4.69, 9.17) is 16.6 Å². The molecule has 2 heterocycles. The quantitative estimate of drug-likeness (QED) is 0.182. The number of nitrogens with zero attached hydrogens (tertiary/aromatic N) is 3. The molecule has 2 aromatic heterocycles. The predicted molar refractivity (Wildman–Crippen MR) is 146 cm³/mol. The van der Waals surface area contributed by atoms with Crippen LogP contribution in [0.1, 0.15) is 46.6 Å². The van der Waals surface area contributed by atoms with Gasteiger partial charge in [-0.05, 0) is 50.9 Å². The van der Waals surface area contributed by atoms with Crippen molar-refractivity contribution in [2.45, 2.75) is 30.1 Å². The SMILES string of the molecule is C=IC(F)(F)c1ccc(Cc2c(NC)nc3ccc(C(C)c4cnc(C)n4C)cc3c2Cl)cc1. The van der Waals surface area contributed by atoms with Gasteiger partial charge in [-0.15, -0.1) is 0 Å². The molecule has 0 aliphatic carbocycles. The molecule has 0 amide bonds. The molecule has 0 aliphatic heterocycles. The van der Waals surface area contributed by atoms with Crippen LogP contribution in [0.15, 0.2) is 48.7 Å². The fraction of sp³-hybridized carbons (Fsp3) is 0.269. The number of pyridine rings is 1. The summed E-state index contributed by atoms with van der Waals surface area (Å²) >= 11 is 5.47. The Hall–Kier alpha value is -2.39. The second-order valence-corrected chi connectivity index (χ2v) is 10.8. The van der Waals surface area contributed by atoms with Gasteiger partial charge in [-0.2, -0.15) is 8.78 Å². The van der Waals surface area contributed by atoms with Crippen LogP contribution in [0.3, 0.4) is 0 Å². The standard InChI is InChI=1S/C26H26ClF2IN4/c1-15(23-14-32-16(2)34(23)5)18-8-11-22-20(13-18)24(27)21(25(31-4)33-22)12-17-6-9-19(10-7-17)26(28,29)30-3/h6-11,13-15H,3,12H2,1-2,4-5H3,(H,31,33). The van der Waals surface area contributed by atoms with Crippen molar-refractivity contribution in [3.05, 3.63) is 87.5 Å². The number of aryl methyl sites for hydroxylation is 1. The molecule has 0 spiro atoms. The van der Waals surface area contributed by atoms with Crippen molar-refractivity contribution in [2.75, 3.05) is 12.4 Å². The molecule has 1 N–H and O–H groups in total. The van der Waals surface area contributed by atoms with Crippen LogP contribution in [0, 0.1) is 6.92 Å². The Morgan fingerprint density at radius 2 is 1.91 bits per heavy atom. The Morgan fingerprint density at radius 3 is 2.50 bits per heavy atom. The summed E-state index contributed by atoms with van der Waals surface area (Å²) < 4.78 is 30.7. The molecule has 0 aliphatic rings. The van der Waals surface area contributed by atoms with Gasteiger partial charge in [-0.1, -0.05) is 53.4 Å². The maximum absolute atomic E-state index is 14.0. The van der Waals surface area contributed by atoms with Crippen molar-refractivity contribution >= 4 is 53.6 Å². The summed E-state index contributed by atoms with van der Waals surface area (Å²) in [5.41, 5.74) is 4.77. The number of benzene rings is 2. The van der Waals surface area contributed by atoms with Crippen molar-refractivity contribution in [1.29, 1.82) is 0 Å². The number of aromatic nitrogens is 3. The molecule has 4 aromatic rings. The van der Waals surface area contributed by atoms with Gasteiger partial charge in [0.2, 0.25) is 0 Å². The maximum atomic E-state index is 14.0. The number of halogens is 4. The third kappa shape index (κ3) is 4.60. The summed E-state index contributed by atoms with van der Waals surface area (Å²) in [7, 11) is 3.82. The van der Waals surface area contributed by atoms with E-state index >= 15 is 0 Å². The molecule has 178 valence electrons. The highest BCUT2D eigenvalue weighted by Crippen LogP contribution is 2.39. The minimum absolute atomic E-state index is 0.0136. The first kappa shape index (κ1) is 24.7. The first-order valence-electron chi connectivity index (χ1n) is 10.8. The van der Waals surface area contributed by atoms with Gasteiger partial charge in [-0.3, -0.25) is 0 Å². The second-order valence-electron chi connectivity index (χ2n) is 8.30. The molecule has 34 heavy (non-hydrogen) atoms. The molecular weight excluding hydrogens is 569 g/mol. The normalized spacial score (nSPS) is 12.8. The van der Waals surface area contributed by atoms with Crippen LogP contribution in [0.5, 0.6) is 0 Å². The lowest BCUT2D eigenvalue weighted by Crippen LogP contribution is -2.06. The van der Waals surface area contributed by atoms with E-state index < -0.39 is 24.7 Å². The van der Waals surface area contributed by atoms with E-state index in [1.54, 1.807) is 19.2 Å². The van der Waals surface area contributed by atoms with Gasteiger partial charge in [0.15, 0.2) is 0 Å². The summed E-state index contributed by atoms with van der Waals surface area (Å²) in [5, 5.41) is 4.61. The third-order valence-electron chi connectivity index (χ3n) is 6.31. The molecule has 1 atom stereocenters. The molecule has 4 rings (SSSR count). The summed E-state index contributed by atoms with van der Waals surface area (Å²) in [6.07, 6.45) is 2.38. The summed E-state index contributed by atoms with van der Waals surface area (Å²) in [5.74, 6) is 1.77. The Kier molecular flexibility index (Phi) is 7.05. The predicted octanol–water partition coefficient (Wildman–Crippen LogP) is 7.17. The Bertz CT molecular complexity index is 1370. The molecule has 8 heteroatoms. The van der Waals surface area contributed by atoms with Gasteiger partial charge in [0.1, 0.15) is 11.6 Å². The average molecular weight is 595 g/mol. The lowest BCUT2D eigenvalue weighted by atomic mass is 9.95. The molecule has 0 saturated carbocycles. The fourth-order valence-corrected chi connectivity index (χ4v) is 5.21. The maximum Gasteiger partial charge on any atom is 0.316 e. The highest BCUT2D eigenvalue weighted by molar-refractivity contribution is 14.2. The zero-order valence-electron chi connectivity index (χ0n) is 19.5. The molecule has 0 fully saturated rings. The third-order valence-corrected chi connectivity index (χ3v) is 8.32. The van der Waals surface area contributed by atoms with E-state index in [1.165, 1.54) is 12.1 Å². The lowest BCUT2D eigenvalue weighted by Gasteiger charge is -2.17. The summed E-state index contributed by atoms with van der Waals surface area (Å²) in [6, 6.07) is 12.6. The van der Waals surface area contributed by atoms with Crippen LogP contribution in [0.25, 0.3) is 10.9 Å². The summed E-state index contributed by atoms with van der Waals surface area (Å²) in [4.78, 5) is 9.20. The van der Waals surface area contributed by atoms with Crippen molar-refractivity contribution in [2.24, 2.45) is 7.05 Å². The minimum Gasteiger partial charge on any atom is -0.373 e. The Labute approximate surface area is 213 Å². The first-order valence-corrected chi connectivity index (χ1v) is 13.8. The van der Waals surface area contributed by atoms with Crippen LogP contribution in [0.2, 0.25) is 5.02 Å². The summed E-state index contributed by atoms with van der Waals surface area (Å²) in [6.45, 7) is 4.13. The van der Waals surface area contributed by atoms with Gasteiger partial charge in [0.05, 0.1) is 10.5 Å². The van der Waals surface area contributed by atoms with E-state index in [0.717, 1.165) is 39.1 Å². The van der Waals surface area contributed by atoms with Crippen LogP contribution in [-0.4, -0.2) is 26.1 Å². The Balaban J connectivity index is 1.74. The number of fused-ring (bicyclic) bond motifs is 1. The van der Waals surface area contributed by atoms with Gasteiger partial charge >= 0.3 is 3.93 Å². The molecule has 2 aromatic carbocycles. The number of hydrogen-bond acceptors (Lipinski definition) is 3. The largest absolute Gasteiger partial charge is 0.373 e. The van der Waals surface area contributed by atoms with Gasteiger partial charge < -0.3 is 9.88 Å². The van der Waals surface area contributed by atoms with Crippen LogP contribution in [0.4, 0.5) is 14.6 Å². The van der Waals surface area contributed by atoms with Crippen molar-refractivity contribution in [3.8, 4) is 0 Å². The number of imidazole rings is 1. The van der Waals surface area contributed by atoms with E-state index in [9.17, 15) is 8.78 Å².